The number of aryl methyl sites for hydroxylation is 5. The number of nitrogens with zero attached hydrogens (tertiary/aromatic N) is 3. The molecule has 40 heavy (non-hydrogen) atoms. The van der Waals surface area contributed by atoms with Crippen molar-refractivity contribution in [1.82, 2.24) is 14.5 Å². The van der Waals surface area contributed by atoms with Gasteiger partial charge >= 0.3 is 5.97 Å². The highest BCUT2D eigenvalue weighted by atomic mass is 79.9. The van der Waals surface area contributed by atoms with Gasteiger partial charge in [0.2, 0.25) is 0 Å². The van der Waals surface area contributed by atoms with Crippen molar-refractivity contribution >= 4 is 32.9 Å². The SMILES string of the molecule is CC.CCC.CCCC(=O)OCC1CCC(C)CC1.Cc1nc(C)c2c(C)cn(-c3c(C)cc(Br)cc3C)c2n1. The molecule has 0 radical (unpaired) electrons. The Labute approximate surface area is 252 Å². The molecule has 0 amide bonds. The maximum Gasteiger partial charge on any atom is 0.305 e. The van der Waals surface area contributed by atoms with Gasteiger partial charge in [-0.25, -0.2) is 9.97 Å². The predicted octanol–water partition coefficient (Wildman–Crippen LogP) is 10.3. The molecule has 0 spiro atoms. The van der Waals surface area contributed by atoms with Crippen LogP contribution in [0.4, 0.5) is 0 Å². The van der Waals surface area contributed by atoms with E-state index < -0.39 is 0 Å². The predicted molar refractivity (Wildman–Crippen MR) is 175 cm³/mol. The van der Waals surface area contributed by atoms with Crippen molar-refractivity contribution in [2.45, 2.75) is 121 Å². The third kappa shape index (κ3) is 10.6. The minimum Gasteiger partial charge on any atom is -0.465 e. The van der Waals surface area contributed by atoms with Gasteiger partial charge < -0.3 is 9.30 Å². The molecular weight excluding hydrogens is 562 g/mol. The van der Waals surface area contributed by atoms with Gasteiger partial charge in [-0.3, -0.25) is 4.79 Å². The fraction of sp³-hybridized carbons (Fsp3) is 0.618. The molecule has 0 bridgehead atoms. The maximum absolute atomic E-state index is 11.1. The number of carbonyl (C=O) groups is 1. The number of ether oxygens (including phenoxy) is 1. The molecule has 4 rings (SSSR count). The Balaban J connectivity index is 0.000000366. The van der Waals surface area contributed by atoms with Gasteiger partial charge in [-0.1, -0.05) is 76.7 Å². The Morgan fingerprint density at radius 3 is 2.02 bits per heavy atom. The third-order valence-electron chi connectivity index (χ3n) is 6.89. The average molecular weight is 617 g/mol. The second-order valence-electron chi connectivity index (χ2n) is 10.9. The first-order valence-electron chi connectivity index (χ1n) is 15.3. The Morgan fingerprint density at radius 2 is 1.50 bits per heavy atom. The Bertz CT molecular complexity index is 1170. The van der Waals surface area contributed by atoms with Gasteiger partial charge in [-0.15, -0.1) is 0 Å². The summed E-state index contributed by atoms with van der Waals surface area (Å²) in [5.74, 6) is 2.29. The van der Waals surface area contributed by atoms with Gasteiger partial charge in [0.15, 0.2) is 0 Å². The van der Waals surface area contributed by atoms with Crippen molar-refractivity contribution in [3.8, 4) is 5.69 Å². The standard InChI is InChI=1S/C17H18BrN3.C12H22O2.C3H8.C2H6/c1-9-6-14(18)7-10(2)16(9)21-8-11(3)15-12(4)19-13(5)20-17(15)21;1-3-4-12(13)14-9-11-7-5-10(2)6-8-11;1-3-2;1-2/h6-8H,1-5H3;10-11H,3-9H2,1-2H3;3H2,1-2H3;1-2H3. The van der Waals surface area contributed by atoms with Crippen molar-refractivity contribution < 1.29 is 9.53 Å². The van der Waals surface area contributed by atoms with E-state index in [9.17, 15) is 4.79 Å². The molecule has 1 aliphatic rings. The zero-order valence-electron chi connectivity index (χ0n) is 27.1. The lowest BCUT2D eigenvalue weighted by molar-refractivity contribution is -0.145. The van der Waals surface area contributed by atoms with Crippen LogP contribution in [0.15, 0.2) is 22.8 Å². The van der Waals surface area contributed by atoms with Crippen molar-refractivity contribution in [3.63, 3.8) is 0 Å². The van der Waals surface area contributed by atoms with E-state index in [4.69, 9.17) is 4.74 Å². The number of hydrogen-bond donors (Lipinski definition) is 0. The van der Waals surface area contributed by atoms with E-state index in [0.29, 0.717) is 18.9 Å². The van der Waals surface area contributed by atoms with E-state index in [2.05, 4.69) is 97.3 Å². The number of esters is 1. The minimum absolute atomic E-state index is 0.0221. The second kappa shape index (κ2) is 18.3. The average Bonchev–Trinajstić information content (AvgIpc) is 3.21. The van der Waals surface area contributed by atoms with Crippen molar-refractivity contribution in [2.75, 3.05) is 6.61 Å². The molecule has 5 nitrogen and oxygen atoms in total. The number of aromatic nitrogens is 3. The Kier molecular flexibility index (Phi) is 16.4. The fourth-order valence-corrected chi connectivity index (χ4v) is 5.77. The smallest absolute Gasteiger partial charge is 0.305 e. The van der Waals surface area contributed by atoms with E-state index in [1.165, 1.54) is 54.5 Å². The van der Waals surface area contributed by atoms with Crippen LogP contribution in [0.5, 0.6) is 0 Å². The van der Waals surface area contributed by atoms with Gasteiger partial charge in [-0.2, -0.15) is 0 Å². The fourth-order valence-electron chi connectivity index (χ4n) is 5.09. The molecule has 2 heterocycles. The summed E-state index contributed by atoms with van der Waals surface area (Å²) in [4.78, 5) is 20.3. The summed E-state index contributed by atoms with van der Waals surface area (Å²) in [5, 5.41) is 1.15. The molecule has 0 unspecified atom stereocenters. The van der Waals surface area contributed by atoms with Gasteiger partial charge in [0.05, 0.1) is 18.0 Å². The number of rotatable bonds is 5. The molecule has 6 heteroatoms. The zero-order valence-corrected chi connectivity index (χ0v) is 28.7. The first-order valence-corrected chi connectivity index (χ1v) is 16.1. The van der Waals surface area contributed by atoms with E-state index in [-0.39, 0.29) is 5.97 Å². The molecule has 2 aromatic heterocycles. The molecule has 0 atom stereocenters. The molecule has 0 N–H and O–H groups in total. The second-order valence-corrected chi connectivity index (χ2v) is 11.8. The molecule has 3 aromatic rings. The normalized spacial score (nSPS) is 16.1. The number of benzene rings is 1. The molecule has 0 aliphatic heterocycles. The van der Waals surface area contributed by atoms with E-state index in [1.807, 2.05) is 27.7 Å². The summed E-state index contributed by atoms with van der Waals surface area (Å²) in [6.07, 6.45) is 9.95. The highest BCUT2D eigenvalue weighted by molar-refractivity contribution is 9.10. The first kappa shape index (κ1) is 35.8. The summed E-state index contributed by atoms with van der Waals surface area (Å²) >= 11 is 3.56. The van der Waals surface area contributed by atoms with Crippen LogP contribution in [-0.4, -0.2) is 27.1 Å². The summed E-state index contributed by atoms with van der Waals surface area (Å²) < 4.78 is 8.52. The Hall–Kier alpha value is -2.21. The van der Waals surface area contributed by atoms with Crippen molar-refractivity contribution in [1.29, 1.82) is 0 Å². The summed E-state index contributed by atoms with van der Waals surface area (Å²) in [5.41, 5.74) is 6.91. The van der Waals surface area contributed by atoms with Crippen LogP contribution >= 0.6 is 15.9 Å². The quantitative estimate of drug-likeness (QED) is 0.268. The van der Waals surface area contributed by atoms with Crippen LogP contribution in [-0.2, 0) is 9.53 Å². The molecule has 224 valence electrons. The number of hydrogen-bond acceptors (Lipinski definition) is 4. The lowest BCUT2D eigenvalue weighted by Crippen LogP contribution is -2.19. The molecule has 0 saturated heterocycles. The van der Waals surface area contributed by atoms with Gasteiger partial charge in [0.1, 0.15) is 11.5 Å². The summed E-state index contributed by atoms with van der Waals surface area (Å²) in [6, 6.07) is 4.29. The van der Waals surface area contributed by atoms with Crippen molar-refractivity contribution in [3.05, 3.63) is 51.0 Å². The largest absolute Gasteiger partial charge is 0.465 e. The molecule has 1 aromatic carbocycles. The lowest BCUT2D eigenvalue weighted by Gasteiger charge is -2.25. The third-order valence-corrected chi connectivity index (χ3v) is 7.35. The van der Waals surface area contributed by atoms with E-state index in [1.54, 1.807) is 0 Å². The van der Waals surface area contributed by atoms with Crippen LogP contribution in [0, 0.1) is 46.5 Å². The van der Waals surface area contributed by atoms with Crippen molar-refractivity contribution in [2.24, 2.45) is 11.8 Å². The summed E-state index contributed by atoms with van der Waals surface area (Å²) in [7, 11) is 0. The lowest BCUT2D eigenvalue weighted by atomic mass is 9.83. The number of halogens is 1. The first-order chi connectivity index (χ1) is 19.0. The molecule has 1 saturated carbocycles. The van der Waals surface area contributed by atoms with Crippen LogP contribution in [0.2, 0.25) is 0 Å². The monoisotopic (exact) mass is 615 g/mol. The molecular formula is C34H54BrN3O2. The topological polar surface area (TPSA) is 57.0 Å². The number of carbonyl (C=O) groups excluding carboxylic acids is 1. The minimum atomic E-state index is -0.0221. The van der Waals surface area contributed by atoms with Gasteiger partial charge in [-0.05, 0) is 94.5 Å². The Morgan fingerprint density at radius 1 is 0.950 bits per heavy atom. The molecule has 1 fully saturated rings. The van der Waals surface area contributed by atoms with Crippen LogP contribution < -0.4 is 0 Å². The van der Waals surface area contributed by atoms with E-state index in [0.717, 1.165) is 39.4 Å². The van der Waals surface area contributed by atoms with Gasteiger partial charge in [0.25, 0.3) is 0 Å². The molecule has 1 aliphatic carbocycles. The maximum atomic E-state index is 11.1. The highest BCUT2D eigenvalue weighted by Crippen LogP contribution is 2.30. The number of fused-ring (bicyclic) bond motifs is 1. The summed E-state index contributed by atoms with van der Waals surface area (Å²) in [6.45, 7) is 23.6. The zero-order chi connectivity index (χ0) is 30.4. The van der Waals surface area contributed by atoms with Gasteiger partial charge in [0, 0.05) is 22.5 Å². The highest BCUT2D eigenvalue weighted by Gasteiger charge is 2.19. The van der Waals surface area contributed by atoms with Crippen LogP contribution in [0.3, 0.4) is 0 Å². The van der Waals surface area contributed by atoms with Crippen LogP contribution in [0.25, 0.3) is 16.7 Å². The van der Waals surface area contributed by atoms with Crippen LogP contribution in [0.1, 0.15) is 115 Å². The van der Waals surface area contributed by atoms with E-state index >= 15 is 0 Å².